The van der Waals surface area contributed by atoms with Gasteiger partial charge in [-0.2, -0.15) is 0 Å². The molecule has 2 heterocycles. The summed E-state index contributed by atoms with van der Waals surface area (Å²) in [7, 11) is 3.12. The quantitative estimate of drug-likeness (QED) is 0.323. The Morgan fingerprint density at radius 2 is 1.61 bits per heavy atom. The molecular formula is C25H25N3O5. The lowest BCUT2D eigenvalue weighted by atomic mass is 9.95. The fourth-order valence-corrected chi connectivity index (χ4v) is 3.99. The monoisotopic (exact) mass is 447 g/mol. The van der Waals surface area contributed by atoms with Gasteiger partial charge in [0.25, 0.3) is 11.7 Å². The van der Waals surface area contributed by atoms with E-state index in [0.29, 0.717) is 42.1 Å². The van der Waals surface area contributed by atoms with Crippen molar-refractivity contribution in [3.05, 3.63) is 84.0 Å². The number of aliphatic hydroxyl groups excluding tert-OH is 1. The summed E-state index contributed by atoms with van der Waals surface area (Å²) in [5.74, 6) is -0.263. The molecule has 0 radical (unpaired) electrons. The molecule has 0 unspecified atom stereocenters. The number of amides is 1. The molecule has 1 fully saturated rings. The number of benzene rings is 2. The van der Waals surface area contributed by atoms with E-state index in [9.17, 15) is 14.7 Å². The van der Waals surface area contributed by atoms with Crippen LogP contribution in [0.4, 0.5) is 0 Å². The molecule has 1 aliphatic heterocycles. The molecule has 1 aliphatic rings. The van der Waals surface area contributed by atoms with Crippen LogP contribution in [-0.4, -0.2) is 52.0 Å². The molecule has 1 N–H and O–H groups in total. The Bertz CT molecular complexity index is 1150. The third-order valence-corrected chi connectivity index (χ3v) is 5.71. The zero-order valence-electron chi connectivity index (χ0n) is 18.5. The SMILES string of the molecule is COc1ccc(/C(O)=C2\C(=O)C(=O)N(CCCn3ccnc3)[C@@H]2c2ccc(OC)cc2)cc1. The van der Waals surface area contributed by atoms with E-state index in [2.05, 4.69) is 4.98 Å². The van der Waals surface area contributed by atoms with Gasteiger partial charge in [-0.25, -0.2) is 4.98 Å². The van der Waals surface area contributed by atoms with Gasteiger partial charge in [-0.15, -0.1) is 0 Å². The molecule has 0 saturated carbocycles. The molecule has 1 amide bonds. The van der Waals surface area contributed by atoms with E-state index >= 15 is 0 Å². The summed E-state index contributed by atoms with van der Waals surface area (Å²) >= 11 is 0. The lowest BCUT2D eigenvalue weighted by molar-refractivity contribution is -0.139. The Balaban J connectivity index is 1.72. The third-order valence-electron chi connectivity index (χ3n) is 5.71. The van der Waals surface area contributed by atoms with Gasteiger partial charge in [0.2, 0.25) is 0 Å². The fourth-order valence-electron chi connectivity index (χ4n) is 3.99. The fraction of sp³-hybridized carbons (Fsp3) is 0.240. The van der Waals surface area contributed by atoms with Crippen molar-refractivity contribution in [2.24, 2.45) is 0 Å². The summed E-state index contributed by atoms with van der Waals surface area (Å²) < 4.78 is 12.3. The molecule has 0 bridgehead atoms. The van der Waals surface area contributed by atoms with E-state index < -0.39 is 17.7 Å². The summed E-state index contributed by atoms with van der Waals surface area (Å²) in [5.41, 5.74) is 1.22. The number of hydrogen-bond donors (Lipinski definition) is 1. The average Bonchev–Trinajstić information content (AvgIpc) is 3.46. The Labute approximate surface area is 191 Å². The van der Waals surface area contributed by atoms with Gasteiger partial charge in [0.15, 0.2) is 0 Å². The van der Waals surface area contributed by atoms with E-state index in [0.717, 1.165) is 0 Å². The van der Waals surface area contributed by atoms with Crippen molar-refractivity contribution in [2.45, 2.75) is 19.0 Å². The van der Waals surface area contributed by atoms with Crippen molar-refractivity contribution < 1.29 is 24.2 Å². The highest BCUT2D eigenvalue weighted by Gasteiger charge is 2.45. The van der Waals surface area contributed by atoms with Crippen LogP contribution >= 0.6 is 0 Å². The lowest BCUT2D eigenvalue weighted by Crippen LogP contribution is -2.31. The predicted molar refractivity (Wildman–Crippen MR) is 122 cm³/mol. The van der Waals surface area contributed by atoms with Gasteiger partial charge in [0, 0.05) is 31.0 Å². The maximum absolute atomic E-state index is 13.1. The van der Waals surface area contributed by atoms with E-state index in [1.165, 1.54) is 4.90 Å². The van der Waals surface area contributed by atoms with Crippen molar-refractivity contribution in [1.82, 2.24) is 14.5 Å². The second-order valence-corrected chi connectivity index (χ2v) is 7.65. The Morgan fingerprint density at radius 1 is 0.970 bits per heavy atom. The van der Waals surface area contributed by atoms with Crippen LogP contribution < -0.4 is 9.47 Å². The zero-order valence-corrected chi connectivity index (χ0v) is 18.5. The van der Waals surface area contributed by atoms with Crippen LogP contribution in [0, 0.1) is 0 Å². The van der Waals surface area contributed by atoms with Crippen molar-refractivity contribution in [2.75, 3.05) is 20.8 Å². The number of imidazole rings is 1. The van der Waals surface area contributed by atoms with E-state index in [1.807, 2.05) is 10.8 Å². The Hall–Kier alpha value is -4.07. The number of Topliss-reactive ketones (excluding diaryl/α,β-unsaturated/α-hetero) is 1. The molecule has 1 saturated heterocycles. The largest absolute Gasteiger partial charge is 0.507 e. The summed E-state index contributed by atoms with van der Waals surface area (Å²) in [6.45, 7) is 0.996. The highest BCUT2D eigenvalue weighted by molar-refractivity contribution is 6.46. The van der Waals surface area contributed by atoms with E-state index in [4.69, 9.17) is 9.47 Å². The number of rotatable bonds is 8. The van der Waals surface area contributed by atoms with Gasteiger partial charge < -0.3 is 24.0 Å². The predicted octanol–water partition coefficient (Wildman–Crippen LogP) is 3.41. The number of aliphatic hydroxyl groups is 1. The lowest BCUT2D eigenvalue weighted by Gasteiger charge is -2.25. The van der Waals surface area contributed by atoms with Crippen LogP contribution in [0.25, 0.3) is 5.76 Å². The number of ketones is 1. The first-order valence-corrected chi connectivity index (χ1v) is 10.6. The molecule has 170 valence electrons. The molecule has 4 rings (SSSR count). The van der Waals surface area contributed by atoms with Gasteiger partial charge >= 0.3 is 0 Å². The van der Waals surface area contributed by atoms with Gasteiger partial charge in [-0.3, -0.25) is 9.59 Å². The molecule has 0 spiro atoms. The number of carbonyl (C=O) groups excluding carboxylic acids is 2. The van der Waals surface area contributed by atoms with Crippen LogP contribution in [0.1, 0.15) is 23.6 Å². The van der Waals surface area contributed by atoms with Gasteiger partial charge in [-0.1, -0.05) is 12.1 Å². The first-order chi connectivity index (χ1) is 16.0. The number of aryl methyl sites for hydroxylation is 1. The number of methoxy groups -OCH3 is 2. The molecule has 1 aromatic heterocycles. The minimum atomic E-state index is -0.708. The molecule has 1 atom stereocenters. The van der Waals surface area contributed by atoms with E-state index in [-0.39, 0.29) is 11.3 Å². The first kappa shape index (κ1) is 22.1. The van der Waals surface area contributed by atoms with E-state index in [1.54, 1.807) is 75.3 Å². The molecule has 8 nitrogen and oxygen atoms in total. The number of ether oxygens (including phenoxy) is 2. The van der Waals surface area contributed by atoms with Crippen molar-refractivity contribution in [3.8, 4) is 11.5 Å². The summed E-state index contributed by atoms with van der Waals surface area (Å²) in [4.78, 5) is 31.6. The third kappa shape index (κ3) is 4.45. The highest BCUT2D eigenvalue weighted by Crippen LogP contribution is 2.40. The van der Waals surface area contributed by atoms with Gasteiger partial charge in [0.05, 0.1) is 32.2 Å². The first-order valence-electron chi connectivity index (χ1n) is 10.6. The summed E-state index contributed by atoms with van der Waals surface area (Å²) in [6, 6.07) is 13.1. The van der Waals surface area contributed by atoms with Gasteiger partial charge in [0.1, 0.15) is 17.3 Å². The number of likely N-dealkylation sites (tertiary alicyclic amines) is 1. The molecule has 2 aromatic carbocycles. The summed E-state index contributed by atoms with van der Waals surface area (Å²) in [6.07, 6.45) is 5.87. The smallest absolute Gasteiger partial charge is 0.295 e. The maximum Gasteiger partial charge on any atom is 0.295 e. The van der Waals surface area contributed by atoms with Crippen LogP contribution in [-0.2, 0) is 16.1 Å². The minimum Gasteiger partial charge on any atom is -0.507 e. The maximum atomic E-state index is 13.1. The summed E-state index contributed by atoms with van der Waals surface area (Å²) in [5, 5.41) is 11.1. The number of carbonyl (C=O) groups is 2. The average molecular weight is 447 g/mol. The van der Waals surface area contributed by atoms with Crippen LogP contribution in [0.5, 0.6) is 11.5 Å². The van der Waals surface area contributed by atoms with Crippen molar-refractivity contribution in [1.29, 1.82) is 0 Å². The molecule has 3 aromatic rings. The number of hydrogen-bond acceptors (Lipinski definition) is 6. The van der Waals surface area contributed by atoms with Crippen LogP contribution in [0.15, 0.2) is 72.8 Å². The number of aromatic nitrogens is 2. The van der Waals surface area contributed by atoms with Gasteiger partial charge in [-0.05, 0) is 48.4 Å². The Morgan fingerprint density at radius 3 is 2.18 bits per heavy atom. The zero-order chi connectivity index (χ0) is 23.4. The molecule has 0 aliphatic carbocycles. The standard InChI is InChI=1S/C25H25N3O5/c1-32-19-8-4-17(5-9-19)22-21(23(29)18-6-10-20(33-2)11-7-18)24(30)25(31)28(22)14-3-13-27-15-12-26-16-27/h4-12,15-16,22,29H,3,13-14H2,1-2H3/b23-21+/t22-/m1/s1. The highest BCUT2D eigenvalue weighted by atomic mass is 16.5. The normalized spacial score (nSPS) is 17.4. The second-order valence-electron chi connectivity index (χ2n) is 7.65. The van der Waals surface area contributed by atoms with Crippen molar-refractivity contribution >= 4 is 17.4 Å². The molecular weight excluding hydrogens is 422 g/mol. The van der Waals surface area contributed by atoms with Crippen LogP contribution in [0.3, 0.4) is 0 Å². The minimum absolute atomic E-state index is 0.0676. The molecule has 33 heavy (non-hydrogen) atoms. The number of nitrogens with zero attached hydrogens (tertiary/aromatic N) is 3. The second kappa shape index (κ2) is 9.60. The Kier molecular flexibility index (Phi) is 6.44. The topological polar surface area (TPSA) is 93.9 Å². The molecule has 8 heteroatoms. The van der Waals surface area contributed by atoms with Crippen LogP contribution in [0.2, 0.25) is 0 Å². The van der Waals surface area contributed by atoms with Crippen molar-refractivity contribution in [3.63, 3.8) is 0 Å².